The predicted octanol–water partition coefficient (Wildman–Crippen LogP) is 1.29. The van der Waals surface area contributed by atoms with Crippen LogP contribution < -0.4 is 5.73 Å². The highest BCUT2D eigenvalue weighted by Gasteiger charge is 2.14. The molecule has 0 heterocycles. The predicted molar refractivity (Wildman–Crippen MR) is 45.8 cm³/mol. The van der Waals surface area contributed by atoms with E-state index in [0.717, 1.165) is 6.42 Å². The molecule has 0 rings (SSSR count). The molecule has 0 radical (unpaired) electrons. The van der Waals surface area contributed by atoms with Crippen LogP contribution in [0.4, 0.5) is 4.79 Å². The van der Waals surface area contributed by atoms with E-state index in [4.69, 9.17) is 15.2 Å². The molecule has 2 atom stereocenters. The molecule has 0 aromatic carbocycles. The maximum atomic E-state index is 10.3. The van der Waals surface area contributed by atoms with E-state index in [1.807, 2.05) is 13.8 Å². The third-order valence-corrected chi connectivity index (χ3v) is 1.55. The normalized spacial score (nSPS) is 15.2. The first-order valence-electron chi connectivity index (χ1n) is 4.15. The Morgan fingerprint density at radius 1 is 1.42 bits per heavy atom. The average Bonchev–Trinajstić information content (AvgIpc) is 1.98. The van der Waals surface area contributed by atoms with E-state index < -0.39 is 6.09 Å². The second kappa shape index (κ2) is 5.83. The van der Waals surface area contributed by atoms with Gasteiger partial charge >= 0.3 is 6.09 Å². The molecule has 2 unspecified atom stereocenters. The maximum Gasteiger partial charge on any atom is 0.404 e. The Hall–Kier alpha value is -0.770. The molecule has 0 aromatic heterocycles. The lowest BCUT2D eigenvalue weighted by atomic mass is 10.2. The first-order chi connectivity index (χ1) is 5.57. The number of primary amides is 1. The number of hydrogen-bond donors (Lipinski definition) is 1. The van der Waals surface area contributed by atoms with Gasteiger partial charge in [-0.05, 0) is 20.3 Å². The van der Waals surface area contributed by atoms with Gasteiger partial charge in [0.1, 0.15) is 6.10 Å². The zero-order valence-electron chi connectivity index (χ0n) is 7.87. The summed E-state index contributed by atoms with van der Waals surface area (Å²) in [5, 5.41) is 0. The monoisotopic (exact) mass is 175 g/mol. The van der Waals surface area contributed by atoms with Crippen molar-refractivity contribution in [1.82, 2.24) is 0 Å². The second-order valence-electron chi connectivity index (χ2n) is 2.72. The van der Waals surface area contributed by atoms with Crippen LogP contribution in [0.5, 0.6) is 0 Å². The van der Waals surface area contributed by atoms with Crippen LogP contribution in [0.15, 0.2) is 0 Å². The van der Waals surface area contributed by atoms with E-state index in [9.17, 15) is 4.79 Å². The minimum atomic E-state index is -0.755. The Kier molecular flexibility index (Phi) is 5.45. The molecule has 4 heteroatoms. The van der Waals surface area contributed by atoms with Crippen molar-refractivity contribution in [2.24, 2.45) is 5.73 Å². The fourth-order valence-corrected chi connectivity index (χ4v) is 0.718. The number of nitrogens with two attached hydrogens (primary N) is 1. The summed E-state index contributed by atoms with van der Waals surface area (Å²) < 4.78 is 10.0. The molecule has 0 aromatic rings. The van der Waals surface area contributed by atoms with E-state index >= 15 is 0 Å². The lowest BCUT2D eigenvalue weighted by molar-refractivity contribution is -0.0241. The Bertz CT molecular complexity index is 138. The van der Waals surface area contributed by atoms with E-state index in [1.165, 1.54) is 0 Å². The molecular weight excluding hydrogens is 158 g/mol. The smallest absolute Gasteiger partial charge is 0.404 e. The quantitative estimate of drug-likeness (QED) is 0.684. The van der Waals surface area contributed by atoms with E-state index in [0.29, 0.717) is 6.61 Å². The minimum Gasteiger partial charge on any atom is -0.444 e. The van der Waals surface area contributed by atoms with Crippen molar-refractivity contribution in [3.8, 4) is 0 Å². The molecule has 0 aliphatic rings. The van der Waals surface area contributed by atoms with Gasteiger partial charge < -0.3 is 15.2 Å². The number of carbonyl (C=O) groups excluding carboxylic acids is 1. The van der Waals surface area contributed by atoms with Crippen molar-refractivity contribution in [3.05, 3.63) is 0 Å². The van der Waals surface area contributed by atoms with Gasteiger partial charge in [-0.2, -0.15) is 0 Å². The maximum absolute atomic E-state index is 10.3. The van der Waals surface area contributed by atoms with Gasteiger partial charge in [0.25, 0.3) is 0 Å². The van der Waals surface area contributed by atoms with Gasteiger partial charge in [-0.1, -0.05) is 6.92 Å². The molecule has 2 N–H and O–H groups in total. The number of carbonyl (C=O) groups is 1. The van der Waals surface area contributed by atoms with E-state index in [1.54, 1.807) is 6.92 Å². The third-order valence-electron chi connectivity index (χ3n) is 1.55. The fourth-order valence-electron chi connectivity index (χ4n) is 0.718. The highest BCUT2D eigenvalue weighted by Crippen LogP contribution is 2.03. The molecule has 0 saturated carbocycles. The van der Waals surface area contributed by atoms with Crippen LogP contribution in [0.3, 0.4) is 0 Å². The third kappa shape index (κ3) is 4.96. The highest BCUT2D eigenvalue weighted by atomic mass is 16.6. The van der Waals surface area contributed by atoms with Crippen molar-refractivity contribution in [2.45, 2.75) is 39.4 Å². The summed E-state index contributed by atoms with van der Waals surface area (Å²) in [6.07, 6.45) is -0.186. The van der Waals surface area contributed by atoms with Gasteiger partial charge in [0.05, 0.1) is 6.10 Å². The Balaban J connectivity index is 3.60. The first-order valence-corrected chi connectivity index (χ1v) is 4.15. The van der Waals surface area contributed by atoms with Crippen molar-refractivity contribution in [2.75, 3.05) is 6.61 Å². The van der Waals surface area contributed by atoms with Crippen LogP contribution in [0.2, 0.25) is 0 Å². The van der Waals surface area contributed by atoms with Gasteiger partial charge in [0.15, 0.2) is 0 Å². The topological polar surface area (TPSA) is 61.6 Å². The molecule has 72 valence electrons. The second-order valence-corrected chi connectivity index (χ2v) is 2.72. The largest absolute Gasteiger partial charge is 0.444 e. The fraction of sp³-hybridized carbons (Fsp3) is 0.875. The van der Waals surface area contributed by atoms with Gasteiger partial charge in [-0.25, -0.2) is 4.79 Å². The van der Waals surface area contributed by atoms with Crippen molar-refractivity contribution >= 4 is 6.09 Å². The average molecular weight is 175 g/mol. The van der Waals surface area contributed by atoms with Crippen LogP contribution >= 0.6 is 0 Å². The Labute approximate surface area is 73.0 Å². The van der Waals surface area contributed by atoms with E-state index in [2.05, 4.69) is 0 Å². The summed E-state index contributed by atoms with van der Waals surface area (Å²) in [6.45, 7) is 6.30. The van der Waals surface area contributed by atoms with Crippen molar-refractivity contribution < 1.29 is 14.3 Å². The molecular formula is C8H17NO3. The standard InChI is InChI=1S/C8H17NO3/c1-4-5-11-6(2)7(3)12-8(9)10/h6-7H,4-5H2,1-3H3,(H2,9,10). The molecule has 0 bridgehead atoms. The number of amides is 1. The van der Waals surface area contributed by atoms with Crippen molar-refractivity contribution in [3.63, 3.8) is 0 Å². The number of hydrogen-bond acceptors (Lipinski definition) is 3. The summed E-state index contributed by atoms with van der Waals surface area (Å²) in [4.78, 5) is 10.3. The van der Waals surface area contributed by atoms with Crippen LogP contribution in [0.25, 0.3) is 0 Å². The molecule has 12 heavy (non-hydrogen) atoms. The Morgan fingerprint density at radius 3 is 2.42 bits per heavy atom. The SMILES string of the molecule is CCCOC(C)C(C)OC(N)=O. The highest BCUT2D eigenvalue weighted by molar-refractivity contribution is 5.64. The summed E-state index contributed by atoms with van der Waals surface area (Å²) >= 11 is 0. The summed E-state index contributed by atoms with van der Waals surface area (Å²) in [6, 6.07) is 0. The number of ether oxygens (including phenoxy) is 2. The molecule has 0 aliphatic carbocycles. The lowest BCUT2D eigenvalue weighted by Gasteiger charge is -2.19. The van der Waals surface area contributed by atoms with Crippen LogP contribution in [-0.4, -0.2) is 24.9 Å². The lowest BCUT2D eigenvalue weighted by Crippen LogP contribution is -2.31. The van der Waals surface area contributed by atoms with Gasteiger partial charge in [-0.3, -0.25) is 0 Å². The summed E-state index contributed by atoms with van der Waals surface area (Å²) in [7, 11) is 0. The zero-order chi connectivity index (χ0) is 9.56. The van der Waals surface area contributed by atoms with Gasteiger partial charge in [0, 0.05) is 6.61 Å². The molecule has 0 saturated heterocycles. The van der Waals surface area contributed by atoms with Crippen LogP contribution in [0.1, 0.15) is 27.2 Å². The van der Waals surface area contributed by atoms with Gasteiger partial charge in [0.2, 0.25) is 0 Å². The molecule has 0 spiro atoms. The van der Waals surface area contributed by atoms with Crippen LogP contribution in [0, 0.1) is 0 Å². The summed E-state index contributed by atoms with van der Waals surface area (Å²) in [5.41, 5.74) is 4.84. The summed E-state index contributed by atoms with van der Waals surface area (Å²) in [5.74, 6) is 0. The molecule has 4 nitrogen and oxygen atoms in total. The molecule has 0 fully saturated rings. The van der Waals surface area contributed by atoms with E-state index in [-0.39, 0.29) is 12.2 Å². The van der Waals surface area contributed by atoms with Crippen molar-refractivity contribution in [1.29, 1.82) is 0 Å². The first kappa shape index (κ1) is 11.2. The molecule has 0 aliphatic heterocycles. The number of rotatable bonds is 5. The minimum absolute atomic E-state index is 0.0996. The Morgan fingerprint density at radius 2 is 2.00 bits per heavy atom. The zero-order valence-corrected chi connectivity index (χ0v) is 7.87. The molecule has 1 amide bonds. The van der Waals surface area contributed by atoms with Crippen LogP contribution in [-0.2, 0) is 9.47 Å². The van der Waals surface area contributed by atoms with Gasteiger partial charge in [-0.15, -0.1) is 0 Å².